The summed E-state index contributed by atoms with van der Waals surface area (Å²) >= 11 is 0. The number of carbonyl (C=O) groups is 1. The van der Waals surface area contributed by atoms with Crippen molar-refractivity contribution in [2.45, 2.75) is 6.42 Å². The zero-order valence-electron chi connectivity index (χ0n) is 6.73. The normalized spacial score (nSPS) is 9.54. The average Bonchev–Trinajstić information content (AvgIpc) is 2.57. The fraction of sp³-hybridized carbons (Fsp3) is 0.600. The number of carbonyl (C=O) groups excluding carboxylic acids is 1. The number of nitrogens with zero attached hydrogens (tertiary/aromatic N) is 4. The van der Waals surface area contributed by atoms with Crippen LogP contribution in [0.25, 0.3) is 0 Å². The summed E-state index contributed by atoms with van der Waals surface area (Å²) in [6, 6.07) is 0. The monoisotopic (exact) mass is 184 g/mol. The summed E-state index contributed by atoms with van der Waals surface area (Å²) in [6.45, 7) is 0.0277. The lowest BCUT2D eigenvalue weighted by Crippen LogP contribution is -2.27. The van der Waals surface area contributed by atoms with E-state index in [0.717, 1.165) is 0 Å². The number of rotatable bonds is 5. The molecule has 0 aromatic carbocycles. The summed E-state index contributed by atoms with van der Waals surface area (Å²) in [5.41, 5.74) is 0. The highest BCUT2D eigenvalue weighted by Gasteiger charge is 2.00. The molecule has 0 fully saturated rings. The number of tetrazole rings is 1. The molecule has 0 aliphatic carbocycles. The number of amides is 1. The topological polar surface area (TPSA) is 113 Å². The molecule has 8 nitrogen and oxygen atoms in total. The van der Waals surface area contributed by atoms with Gasteiger partial charge in [0, 0.05) is 13.0 Å². The minimum atomic E-state index is -0.400. The third-order valence-corrected chi connectivity index (χ3v) is 1.28. The number of hydrogen-bond donors (Lipinski definition) is 2. The summed E-state index contributed by atoms with van der Waals surface area (Å²) in [4.78, 5) is 20.4. The molecule has 0 aliphatic rings. The predicted octanol–water partition coefficient (Wildman–Crippen LogP) is -1.38. The number of nitrogens with one attached hydrogen (secondary N) is 2. The van der Waals surface area contributed by atoms with Crippen LogP contribution in [0.2, 0.25) is 0 Å². The van der Waals surface area contributed by atoms with Crippen molar-refractivity contribution in [2.24, 2.45) is 5.18 Å². The van der Waals surface area contributed by atoms with Gasteiger partial charge in [0.15, 0.2) is 6.54 Å². The van der Waals surface area contributed by atoms with Gasteiger partial charge in [0.1, 0.15) is 5.82 Å². The Bertz CT molecular complexity index is 271. The molecule has 0 spiro atoms. The van der Waals surface area contributed by atoms with E-state index < -0.39 is 5.91 Å². The lowest BCUT2D eigenvalue weighted by molar-refractivity contribution is -0.119. The molecule has 13 heavy (non-hydrogen) atoms. The molecular formula is C5H8N6O2. The number of nitroso groups, excluding NO2 is 1. The summed E-state index contributed by atoms with van der Waals surface area (Å²) in [7, 11) is 0. The molecule has 0 atom stereocenters. The van der Waals surface area contributed by atoms with E-state index in [2.05, 4.69) is 31.1 Å². The number of H-pyrrole nitrogens is 1. The first-order valence-corrected chi connectivity index (χ1v) is 3.61. The van der Waals surface area contributed by atoms with E-state index in [1.807, 2.05) is 0 Å². The number of aromatic nitrogens is 4. The lowest BCUT2D eigenvalue weighted by atomic mass is 10.4. The number of hydrogen-bond acceptors (Lipinski definition) is 6. The molecule has 1 aromatic rings. The molecule has 2 N–H and O–H groups in total. The molecule has 0 saturated carbocycles. The molecule has 1 amide bonds. The van der Waals surface area contributed by atoms with Gasteiger partial charge in [0.2, 0.25) is 5.91 Å². The van der Waals surface area contributed by atoms with Gasteiger partial charge in [0.05, 0.1) is 0 Å². The van der Waals surface area contributed by atoms with Gasteiger partial charge in [-0.3, -0.25) is 4.79 Å². The smallest absolute Gasteiger partial charge is 0.245 e. The first-order valence-electron chi connectivity index (χ1n) is 3.61. The van der Waals surface area contributed by atoms with Crippen molar-refractivity contribution in [1.29, 1.82) is 0 Å². The Labute approximate surface area is 73.1 Å². The van der Waals surface area contributed by atoms with Crippen LogP contribution >= 0.6 is 0 Å². The Morgan fingerprint density at radius 2 is 2.46 bits per heavy atom. The zero-order chi connectivity index (χ0) is 9.52. The minimum Gasteiger partial charge on any atom is -0.354 e. The van der Waals surface area contributed by atoms with Gasteiger partial charge in [-0.15, -0.1) is 5.10 Å². The maximum absolute atomic E-state index is 10.7. The molecular weight excluding hydrogens is 176 g/mol. The largest absolute Gasteiger partial charge is 0.354 e. The third-order valence-electron chi connectivity index (χ3n) is 1.28. The Morgan fingerprint density at radius 1 is 1.62 bits per heavy atom. The van der Waals surface area contributed by atoms with Crippen molar-refractivity contribution in [3.8, 4) is 0 Å². The summed E-state index contributed by atoms with van der Waals surface area (Å²) < 4.78 is 0. The van der Waals surface area contributed by atoms with E-state index in [1.165, 1.54) is 0 Å². The van der Waals surface area contributed by atoms with Crippen molar-refractivity contribution in [2.75, 3.05) is 13.1 Å². The van der Waals surface area contributed by atoms with Crippen molar-refractivity contribution >= 4 is 5.91 Å². The lowest BCUT2D eigenvalue weighted by Gasteiger charge is -1.98. The second-order valence-electron chi connectivity index (χ2n) is 2.24. The summed E-state index contributed by atoms with van der Waals surface area (Å²) in [5.74, 6) is 0.182. The molecule has 0 radical (unpaired) electrons. The van der Waals surface area contributed by atoms with E-state index in [0.29, 0.717) is 18.8 Å². The molecule has 70 valence electrons. The van der Waals surface area contributed by atoms with Crippen LogP contribution in [0.3, 0.4) is 0 Å². The van der Waals surface area contributed by atoms with E-state index in [1.54, 1.807) is 0 Å². The van der Waals surface area contributed by atoms with Crippen LogP contribution < -0.4 is 5.32 Å². The Balaban J connectivity index is 2.14. The quantitative estimate of drug-likeness (QED) is 0.548. The Morgan fingerprint density at radius 3 is 3.08 bits per heavy atom. The fourth-order valence-electron chi connectivity index (χ4n) is 0.720. The summed E-state index contributed by atoms with van der Waals surface area (Å²) in [6.07, 6.45) is 0.498. The maximum Gasteiger partial charge on any atom is 0.245 e. The van der Waals surface area contributed by atoms with E-state index >= 15 is 0 Å². The molecule has 0 aliphatic heterocycles. The zero-order valence-corrected chi connectivity index (χ0v) is 6.73. The second-order valence-corrected chi connectivity index (χ2v) is 2.24. The second kappa shape index (κ2) is 4.91. The van der Waals surface area contributed by atoms with Crippen molar-refractivity contribution < 1.29 is 4.79 Å². The highest BCUT2D eigenvalue weighted by molar-refractivity contribution is 5.78. The molecule has 0 unspecified atom stereocenters. The molecule has 1 rings (SSSR count). The predicted molar refractivity (Wildman–Crippen MR) is 41.6 cm³/mol. The van der Waals surface area contributed by atoms with Crippen LogP contribution in [0.1, 0.15) is 5.82 Å². The van der Waals surface area contributed by atoms with Gasteiger partial charge >= 0.3 is 0 Å². The highest BCUT2D eigenvalue weighted by atomic mass is 16.3. The van der Waals surface area contributed by atoms with Crippen molar-refractivity contribution in [3.05, 3.63) is 10.7 Å². The first-order chi connectivity index (χ1) is 6.33. The minimum absolute atomic E-state index is 0.353. The van der Waals surface area contributed by atoms with E-state index in [9.17, 15) is 9.70 Å². The van der Waals surface area contributed by atoms with Crippen LogP contribution in [-0.2, 0) is 11.2 Å². The molecule has 1 aromatic heterocycles. The van der Waals surface area contributed by atoms with Gasteiger partial charge in [0.25, 0.3) is 0 Å². The average molecular weight is 184 g/mol. The van der Waals surface area contributed by atoms with E-state index in [4.69, 9.17) is 0 Å². The Kier molecular flexibility index (Phi) is 3.48. The third kappa shape index (κ3) is 3.36. The van der Waals surface area contributed by atoms with Crippen LogP contribution in [0.15, 0.2) is 5.18 Å². The molecule has 1 heterocycles. The molecule has 0 bridgehead atoms. The standard InChI is InChI=1S/C5H8N6O2/c12-5(3-7-13)6-2-1-4-8-10-11-9-4/h1-3H2,(H,6,12)(H,8,9,10,11). The Hall–Kier alpha value is -1.86. The summed E-state index contributed by atoms with van der Waals surface area (Å²) in [5, 5.41) is 17.8. The van der Waals surface area contributed by atoms with Crippen molar-refractivity contribution in [3.63, 3.8) is 0 Å². The fourth-order valence-corrected chi connectivity index (χ4v) is 0.720. The van der Waals surface area contributed by atoms with Gasteiger partial charge in [-0.05, 0) is 10.4 Å². The number of aromatic amines is 1. The van der Waals surface area contributed by atoms with Gasteiger partial charge < -0.3 is 5.32 Å². The van der Waals surface area contributed by atoms with Crippen LogP contribution in [0.4, 0.5) is 0 Å². The molecule has 0 saturated heterocycles. The SMILES string of the molecule is O=NCC(=O)NCCc1nnn[nH]1. The van der Waals surface area contributed by atoms with E-state index in [-0.39, 0.29) is 6.54 Å². The van der Waals surface area contributed by atoms with Crippen molar-refractivity contribution in [1.82, 2.24) is 25.9 Å². The van der Waals surface area contributed by atoms with Crippen LogP contribution in [-0.4, -0.2) is 39.6 Å². The van der Waals surface area contributed by atoms with Gasteiger partial charge in [-0.2, -0.15) is 4.91 Å². The first kappa shape index (κ1) is 9.23. The van der Waals surface area contributed by atoms with Gasteiger partial charge in [-0.1, -0.05) is 5.18 Å². The highest BCUT2D eigenvalue weighted by Crippen LogP contribution is 1.82. The van der Waals surface area contributed by atoms with Gasteiger partial charge in [-0.25, -0.2) is 5.10 Å². The maximum atomic E-state index is 10.7. The van der Waals surface area contributed by atoms with Crippen LogP contribution in [0, 0.1) is 4.91 Å². The van der Waals surface area contributed by atoms with Crippen LogP contribution in [0.5, 0.6) is 0 Å². The molecule has 8 heteroatoms.